The number of fused-ring (bicyclic) bond motifs is 1. The lowest BCUT2D eigenvalue weighted by Gasteiger charge is -2.32. The molecule has 0 radical (unpaired) electrons. The average molecular weight is 371 g/mol. The van der Waals surface area contributed by atoms with E-state index in [0.717, 1.165) is 19.6 Å². The van der Waals surface area contributed by atoms with Crippen LogP contribution in [0, 0.1) is 0 Å². The fourth-order valence-electron chi connectivity index (χ4n) is 4.53. The van der Waals surface area contributed by atoms with E-state index in [1.165, 1.54) is 46.0 Å². The molecule has 3 heterocycles. The Morgan fingerprint density at radius 2 is 1.96 bits per heavy atom. The fourth-order valence-corrected chi connectivity index (χ4v) is 4.53. The Morgan fingerprint density at radius 1 is 1.07 bits per heavy atom. The summed E-state index contributed by atoms with van der Waals surface area (Å²) in [6, 6.07) is 15.1. The Bertz CT molecular complexity index is 1090. The minimum atomic E-state index is 0.474. The molecule has 5 nitrogen and oxygen atoms in total. The summed E-state index contributed by atoms with van der Waals surface area (Å²) in [4.78, 5) is 2.54. The lowest BCUT2D eigenvalue weighted by atomic mass is 9.89. The maximum atomic E-state index is 4.44. The molecule has 1 fully saturated rings. The van der Waals surface area contributed by atoms with E-state index in [0.29, 0.717) is 5.92 Å². The van der Waals surface area contributed by atoms with Gasteiger partial charge in [0, 0.05) is 49.1 Å². The summed E-state index contributed by atoms with van der Waals surface area (Å²) in [6.45, 7) is 3.15. The van der Waals surface area contributed by atoms with Crippen LogP contribution >= 0.6 is 0 Å². The molecule has 0 saturated carbocycles. The van der Waals surface area contributed by atoms with Crippen molar-refractivity contribution in [1.29, 1.82) is 0 Å². The van der Waals surface area contributed by atoms with Gasteiger partial charge in [0.05, 0.1) is 12.4 Å². The summed E-state index contributed by atoms with van der Waals surface area (Å²) in [5.41, 5.74) is 5.06. The third kappa shape index (κ3) is 3.22. The first-order valence-corrected chi connectivity index (χ1v) is 9.99. The van der Waals surface area contributed by atoms with Crippen LogP contribution in [-0.2, 0) is 13.6 Å². The molecular formula is C23H25N5. The molecule has 0 amide bonds. The highest BCUT2D eigenvalue weighted by Gasteiger charge is 2.25. The van der Waals surface area contributed by atoms with E-state index in [1.807, 2.05) is 24.1 Å². The van der Waals surface area contributed by atoms with Gasteiger partial charge in [0.2, 0.25) is 0 Å². The lowest BCUT2D eigenvalue weighted by Crippen LogP contribution is -2.34. The molecule has 142 valence electrons. The molecule has 1 atom stereocenters. The molecule has 1 aliphatic rings. The Balaban J connectivity index is 1.44. The van der Waals surface area contributed by atoms with Gasteiger partial charge in [-0.15, -0.1) is 0 Å². The van der Waals surface area contributed by atoms with Crippen molar-refractivity contribution in [3.8, 4) is 11.1 Å². The zero-order valence-corrected chi connectivity index (χ0v) is 16.2. The second kappa shape index (κ2) is 7.24. The number of nitrogens with zero attached hydrogens (tertiary/aromatic N) is 4. The third-order valence-electron chi connectivity index (χ3n) is 5.83. The Hall–Kier alpha value is -2.92. The van der Waals surface area contributed by atoms with Gasteiger partial charge in [0.15, 0.2) is 0 Å². The fraction of sp³-hybridized carbons (Fsp3) is 0.304. The number of rotatable bonds is 4. The van der Waals surface area contributed by atoms with Crippen molar-refractivity contribution in [3.05, 3.63) is 72.3 Å². The smallest absolute Gasteiger partial charge is 0.0569 e. The van der Waals surface area contributed by atoms with Crippen LogP contribution in [0.15, 0.2) is 61.1 Å². The number of benzene rings is 2. The van der Waals surface area contributed by atoms with Crippen LogP contribution in [0.3, 0.4) is 0 Å². The highest BCUT2D eigenvalue weighted by atomic mass is 15.2. The lowest BCUT2D eigenvalue weighted by molar-refractivity contribution is 0.198. The Labute approximate surface area is 165 Å². The monoisotopic (exact) mass is 371 g/mol. The average Bonchev–Trinajstić information content (AvgIpc) is 3.37. The van der Waals surface area contributed by atoms with E-state index in [4.69, 9.17) is 0 Å². The summed E-state index contributed by atoms with van der Waals surface area (Å²) < 4.78 is 1.88. The number of H-pyrrole nitrogens is 1. The molecule has 5 heteroatoms. The topological polar surface area (TPSA) is 49.7 Å². The highest BCUT2D eigenvalue weighted by molar-refractivity contribution is 5.97. The van der Waals surface area contributed by atoms with Crippen molar-refractivity contribution in [2.75, 3.05) is 13.1 Å². The van der Waals surface area contributed by atoms with Gasteiger partial charge in [-0.3, -0.25) is 14.7 Å². The Kier molecular flexibility index (Phi) is 4.45. The van der Waals surface area contributed by atoms with Crippen LogP contribution in [-0.4, -0.2) is 38.0 Å². The van der Waals surface area contributed by atoms with Crippen molar-refractivity contribution in [2.24, 2.45) is 7.05 Å². The quantitative estimate of drug-likeness (QED) is 0.580. The minimum absolute atomic E-state index is 0.474. The second-order valence-corrected chi connectivity index (χ2v) is 7.82. The predicted molar refractivity (Wildman–Crippen MR) is 112 cm³/mol. The molecule has 28 heavy (non-hydrogen) atoms. The molecule has 5 rings (SSSR count). The van der Waals surface area contributed by atoms with Crippen molar-refractivity contribution in [1.82, 2.24) is 24.9 Å². The molecule has 1 unspecified atom stereocenters. The van der Waals surface area contributed by atoms with Gasteiger partial charge < -0.3 is 0 Å². The van der Waals surface area contributed by atoms with E-state index in [1.54, 1.807) is 0 Å². The van der Waals surface area contributed by atoms with Gasteiger partial charge in [-0.05, 0) is 35.7 Å². The van der Waals surface area contributed by atoms with E-state index < -0.39 is 0 Å². The largest absolute Gasteiger partial charge is 0.298 e. The number of hydrogen-bond donors (Lipinski definition) is 1. The maximum absolute atomic E-state index is 4.44. The number of aryl methyl sites for hydroxylation is 1. The summed E-state index contributed by atoms with van der Waals surface area (Å²) in [5, 5.41) is 14.6. The van der Waals surface area contributed by atoms with Gasteiger partial charge in [0.25, 0.3) is 0 Å². The number of nitrogens with one attached hydrogen (secondary N) is 1. The second-order valence-electron chi connectivity index (χ2n) is 7.82. The van der Waals surface area contributed by atoms with E-state index >= 15 is 0 Å². The maximum Gasteiger partial charge on any atom is 0.0569 e. The standard InChI is InChI=1S/C23H25N5/c1-27-14-17(12-25-27)15-28-11-5-8-19(16-28)23-22(13-24-26-23)21-10-4-7-18-6-2-3-9-20(18)21/h2-4,6-7,9-10,12-14,19H,5,8,11,15-16H2,1H3,(H,24,26). The van der Waals surface area contributed by atoms with E-state index in [9.17, 15) is 0 Å². The van der Waals surface area contributed by atoms with Crippen LogP contribution in [0.1, 0.15) is 30.0 Å². The van der Waals surface area contributed by atoms with Gasteiger partial charge in [0.1, 0.15) is 0 Å². The first-order chi connectivity index (χ1) is 13.8. The van der Waals surface area contributed by atoms with Crippen molar-refractivity contribution < 1.29 is 0 Å². The van der Waals surface area contributed by atoms with Gasteiger partial charge in [-0.25, -0.2) is 0 Å². The van der Waals surface area contributed by atoms with Gasteiger partial charge in [-0.2, -0.15) is 10.2 Å². The predicted octanol–water partition coefficient (Wildman–Crippen LogP) is 4.34. The van der Waals surface area contributed by atoms with Crippen LogP contribution in [0.4, 0.5) is 0 Å². The number of likely N-dealkylation sites (tertiary alicyclic amines) is 1. The summed E-state index contributed by atoms with van der Waals surface area (Å²) in [7, 11) is 1.98. The number of piperidine rings is 1. The summed E-state index contributed by atoms with van der Waals surface area (Å²) in [6.07, 6.45) is 8.49. The molecule has 1 aliphatic heterocycles. The van der Waals surface area contributed by atoms with E-state index in [2.05, 4.69) is 68.9 Å². The van der Waals surface area contributed by atoms with Gasteiger partial charge in [-0.1, -0.05) is 42.5 Å². The summed E-state index contributed by atoms with van der Waals surface area (Å²) >= 11 is 0. The van der Waals surface area contributed by atoms with Crippen LogP contribution < -0.4 is 0 Å². The Morgan fingerprint density at radius 3 is 2.86 bits per heavy atom. The molecular weight excluding hydrogens is 346 g/mol. The van der Waals surface area contributed by atoms with Crippen molar-refractivity contribution >= 4 is 10.8 Å². The highest BCUT2D eigenvalue weighted by Crippen LogP contribution is 2.36. The molecule has 2 aromatic heterocycles. The molecule has 1 saturated heterocycles. The SMILES string of the molecule is Cn1cc(CN2CCCC(c3[nH]ncc3-c3cccc4ccccc34)C2)cn1. The van der Waals surface area contributed by atoms with Crippen molar-refractivity contribution in [3.63, 3.8) is 0 Å². The van der Waals surface area contributed by atoms with Crippen LogP contribution in [0.2, 0.25) is 0 Å². The molecule has 0 spiro atoms. The zero-order valence-electron chi connectivity index (χ0n) is 16.2. The third-order valence-corrected chi connectivity index (χ3v) is 5.83. The molecule has 0 aliphatic carbocycles. The number of aromatic nitrogens is 4. The zero-order chi connectivity index (χ0) is 18.9. The van der Waals surface area contributed by atoms with Gasteiger partial charge >= 0.3 is 0 Å². The molecule has 2 aromatic carbocycles. The summed E-state index contributed by atoms with van der Waals surface area (Å²) in [5.74, 6) is 0.474. The molecule has 4 aromatic rings. The number of aromatic amines is 1. The molecule has 1 N–H and O–H groups in total. The van der Waals surface area contributed by atoms with E-state index in [-0.39, 0.29) is 0 Å². The van der Waals surface area contributed by atoms with Crippen LogP contribution in [0.25, 0.3) is 21.9 Å². The first-order valence-electron chi connectivity index (χ1n) is 9.99. The van der Waals surface area contributed by atoms with Crippen molar-refractivity contribution in [2.45, 2.75) is 25.3 Å². The van der Waals surface area contributed by atoms with Crippen LogP contribution in [0.5, 0.6) is 0 Å². The normalized spacial score (nSPS) is 18.0. The molecule has 0 bridgehead atoms. The number of hydrogen-bond acceptors (Lipinski definition) is 3. The first kappa shape index (κ1) is 17.2. The minimum Gasteiger partial charge on any atom is -0.298 e.